The van der Waals surface area contributed by atoms with E-state index in [0.29, 0.717) is 18.8 Å². The molecule has 1 atom stereocenters. The Morgan fingerprint density at radius 2 is 1.77 bits per heavy atom. The number of carbonyl (C=O) groups is 3. The maximum Gasteiger partial charge on any atom is 0.326 e. The zero-order chi connectivity index (χ0) is 18.5. The van der Waals surface area contributed by atoms with Crippen molar-refractivity contribution >= 4 is 17.8 Å². The number of benzene rings is 1. The lowest BCUT2D eigenvalue weighted by atomic mass is 9.87. The highest BCUT2D eigenvalue weighted by Crippen LogP contribution is 2.26. The van der Waals surface area contributed by atoms with Crippen LogP contribution in [0.1, 0.15) is 49.7 Å². The van der Waals surface area contributed by atoms with Gasteiger partial charge >= 0.3 is 5.97 Å². The molecule has 3 rings (SSSR count). The zero-order valence-corrected chi connectivity index (χ0v) is 14.9. The third-order valence-electron chi connectivity index (χ3n) is 5.49. The van der Waals surface area contributed by atoms with Crippen molar-refractivity contribution in [2.45, 2.75) is 57.5 Å². The number of amides is 2. The number of aliphatic carboxylic acids is 1. The quantitative estimate of drug-likeness (QED) is 0.844. The lowest BCUT2D eigenvalue weighted by Crippen LogP contribution is -2.51. The van der Waals surface area contributed by atoms with Crippen molar-refractivity contribution in [3.8, 4) is 0 Å². The lowest BCUT2D eigenvalue weighted by molar-refractivity contribution is -0.151. The number of carbonyl (C=O) groups excluding carboxylic acids is 2. The van der Waals surface area contributed by atoms with Crippen molar-refractivity contribution in [1.82, 2.24) is 10.2 Å². The topological polar surface area (TPSA) is 86.7 Å². The highest BCUT2D eigenvalue weighted by molar-refractivity contribution is 5.88. The van der Waals surface area contributed by atoms with E-state index < -0.39 is 12.0 Å². The Bertz CT molecular complexity index is 682. The molecule has 140 valence electrons. The molecule has 1 aliphatic heterocycles. The first-order valence-corrected chi connectivity index (χ1v) is 9.40. The van der Waals surface area contributed by atoms with Crippen molar-refractivity contribution in [2.75, 3.05) is 6.54 Å². The largest absolute Gasteiger partial charge is 0.480 e. The second-order valence-electron chi connectivity index (χ2n) is 7.33. The average molecular weight is 358 g/mol. The number of fused-ring (bicyclic) bond motifs is 1. The molecule has 1 fully saturated rings. The van der Waals surface area contributed by atoms with Crippen LogP contribution in [0.2, 0.25) is 0 Å². The summed E-state index contributed by atoms with van der Waals surface area (Å²) in [5.74, 6) is -1.06. The van der Waals surface area contributed by atoms with E-state index >= 15 is 0 Å². The molecule has 2 aliphatic rings. The molecule has 1 aliphatic carbocycles. The standard InChI is InChI=1S/C20H26N2O4/c23-18(10-14-6-2-1-3-7-14)21-12-19(24)22-13-16-9-5-4-8-15(16)11-17(22)20(25)26/h4-5,8-9,14,17H,1-3,6-7,10-13H2,(H,21,23)(H,25,26). The van der Waals surface area contributed by atoms with Crippen LogP contribution in [0.25, 0.3) is 0 Å². The molecule has 26 heavy (non-hydrogen) atoms. The van der Waals surface area contributed by atoms with Gasteiger partial charge in [0.1, 0.15) is 6.04 Å². The van der Waals surface area contributed by atoms with Crippen LogP contribution in [0, 0.1) is 5.92 Å². The molecule has 2 N–H and O–H groups in total. The van der Waals surface area contributed by atoms with Crippen molar-refractivity contribution in [3.63, 3.8) is 0 Å². The van der Waals surface area contributed by atoms with E-state index in [0.717, 1.165) is 24.0 Å². The predicted octanol–water partition coefficient (Wildman–Crippen LogP) is 2.11. The number of nitrogens with one attached hydrogen (secondary N) is 1. The smallest absolute Gasteiger partial charge is 0.326 e. The average Bonchev–Trinajstić information content (AvgIpc) is 2.65. The van der Waals surface area contributed by atoms with E-state index in [4.69, 9.17) is 0 Å². The van der Waals surface area contributed by atoms with Gasteiger partial charge in [0.2, 0.25) is 11.8 Å². The lowest BCUT2D eigenvalue weighted by Gasteiger charge is -2.34. The van der Waals surface area contributed by atoms with Gasteiger partial charge in [-0.1, -0.05) is 43.5 Å². The van der Waals surface area contributed by atoms with Crippen LogP contribution in [0.4, 0.5) is 0 Å². The van der Waals surface area contributed by atoms with E-state index in [1.54, 1.807) is 0 Å². The van der Waals surface area contributed by atoms with Crippen molar-refractivity contribution in [1.29, 1.82) is 0 Å². The zero-order valence-electron chi connectivity index (χ0n) is 14.9. The van der Waals surface area contributed by atoms with Gasteiger partial charge in [-0.2, -0.15) is 0 Å². The molecule has 0 saturated heterocycles. The van der Waals surface area contributed by atoms with Crippen LogP contribution in [0.3, 0.4) is 0 Å². The Hall–Kier alpha value is -2.37. The molecular weight excluding hydrogens is 332 g/mol. The number of carboxylic acids is 1. The van der Waals surface area contributed by atoms with Crippen LogP contribution in [0.15, 0.2) is 24.3 Å². The molecule has 6 heteroatoms. The molecule has 1 saturated carbocycles. The summed E-state index contributed by atoms with van der Waals surface area (Å²) >= 11 is 0. The van der Waals surface area contributed by atoms with E-state index in [2.05, 4.69) is 5.32 Å². The molecule has 1 unspecified atom stereocenters. The number of nitrogens with zero attached hydrogens (tertiary/aromatic N) is 1. The van der Waals surface area contributed by atoms with Gasteiger partial charge in [-0.25, -0.2) is 4.79 Å². The molecule has 1 aromatic rings. The van der Waals surface area contributed by atoms with Gasteiger partial charge in [-0.15, -0.1) is 0 Å². The highest BCUT2D eigenvalue weighted by atomic mass is 16.4. The summed E-state index contributed by atoms with van der Waals surface area (Å²) in [5.41, 5.74) is 1.93. The predicted molar refractivity (Wildman–Crippen MR) is 96.3 cm³/mol. The van der Waals surface area contributed by atoms with Crippen molar-refractivity contribution in [3.05, 3.63) is 35.4 Å². The first-order valence-electron chi connectivity index (χ1n) is 9.40. The minimum absolute atomic E-state index is 0.116. The van der Waals surface area contributed by atoms with Crippen LogP contribution in [-0.4, -0.2) is 40.4 Å². The Morgan fingerprint density at radius 3 is 2.46 bits per heavy atom. The van der Waals surface area contributed by atoms with Crippen LogP contribution < -0.4 is 5.32 Å². The number of carboxylic acid groups (broad SMARTS) is 1. The van der Waals surface area contributed by atoms with Gasteiger partial charge in [-0.3, -0.25) is 9.59 Å². The van der Waals surface area contributed by atoms with Crippen LogP contribution in [0.5, 0.6) is 0 Å². The molecule has 0 bridgehead atoms. The van der Waals surface area contributed by atoms with Crippen LogP contribution in [-0.2, 0) is 27.3 Å². The Labute approximate surface area is 153 Å². The van der Waals surface area contributed by atoms with Gasteiger partial charge in [0, 0.05) is 19.4 Å². The summed E-state index contributed by atoms with van der Waals surface area (Å²) in [6.07, 6.45) is 6.49. The monoisotopic (exact) mass is 358 g/mol. The second kappa shape index (κ2) is 8.34. The molecular formula is C20H26N2O4. The SMILES string of the molecule is O=C(CC1CCCCC1)NCC(=O)N1Cc2ccccc2CC1C(=O)O. The third kappa shape index (κ3) is 4.42. The van der Waals surface area contributed by atoms with Crippen molar-refractivity contribution < 1.29 is 19.5 Å². The maximum absolute atomic E-state index is 12.6. The van der Waals surface area contributed by atoms with Gasteiger partial charge < -0.3 is 15.3 Å². The summed E-state index contributed by atoms with van der Waals surface area (Å²) in [6, 6.07) is 6.69. The molecule has 0 radical (unpaired) electrons. The Balaban J connectivity index is 1.57. The fourth-order valence-electron chi connectivity index (χ4n) is 4.01. The van der Waals surface area contributed by atoms with E-state index in [1.807, 2.05) is 24.3 Å². The first kappa shape index (κ1) is 18.4. The van der Waals surface area contributed by atoms with Crippen molar-refractivity contribution in [2.24, 2.45) is 5.92 Å². The van der Waals surface area contributed by atoms with Gasteiger partial charge in [0.25, 0.3) is 0 Å². The number of hydrogen-bond donors (Lipinski definition) is 2. The normalized spacial score (nSPS) is 20.3. The molecule has 1 aromatic carbocycles. The Kier molecular flexibility index (Phi) is 5.91. The molecule has 0 spiro atoms. The summed E-state index contributed by atoms with van der Waals surface area (Å²) in [4.78, 5) is 37.6. The van der Waals surface area contributed by atoms with Gasteiger partial charge in [-0.05, 0) is 29.9 Å². The van der Waals surface area contributed by atoms with E-state index in [1.165, 1.54) is 24.2 Å². The summed E-state index contributed by atoms with van der Waals surface area (Å²) in [5, 5.41) is 12.2. The summed E-state index contributed by atoms with van der Waals surface area (Å²) in [6.45, 7) is 0.127. The number of rotatable bonds is 5. The van der Waals surface area contributed by atoms with Gasteiger partial charge in [0.05, 0.1) is 6.54 Å². The Morgan fingerprint density at radius 1 is 1.08 bits per heavy atom. The van der Waals surface area contributed by atoms with E-state index in [-0.39, 0.29) is 24.9 Å². The third-order valence-corrected chi connectivity index (χ3v) is 5.49. The second-order valence-corrected chi connectivity index (χ2v) is 7.33. The minimum Gasteiger partial charge on any atom is -0.480 e. The maximum atomic E-state index is 12.6. The fraction of sp³-hybridized carbons (Fsp3) is 0.550. The highest BCUT2D eigenvalue weighted by Gasteiger charge is 2.34. The summed E-state index contributed by atoms with van der Waals surface area (Å²) in [7, 11) is 0. The molecule has 0 aromatic heterocycles. The summed E-state index contributed by atoms with van der Waals surface area (Å²) < 4.78 is 0. The molecule has 1 heterocycles. The number of hydrogen-bond acceptors (Lipinski definition) is 3. The van der Waals surface area contributed by atoms with Gasteiger partial charge in [0.15, 0.2) is 0 Å². The molecule has 2 amide bonds. The van der Waals surface area contributed by atoms with E-state index in [9.17, 15) is 19.5 Å². The first-order chi connectivity index (χ1) is 12.5. The molecule has 6 nitrogen and oxygen atoms in total. The minimum atomic E-state index is -1.01. The van der Waals surface area contributed by atoms with Crippen LogP contribution >= 0.6 is 0 Å². The fourth-order valence-corrected chi connectivity index (χ4v) is 4.01.